The minimum absolute atomic E-state index is 0.0523. The Balaban J connectivity index is 1.53. The van der Waals surface area contributed by atoms with Crippen LogP contribution in [0.3, 0.4) is 0 Å². The predicted molar refractivity (Wildman–Crippen MR) is 174 cm³/mol. The molecule has 1 aliphatic carbocycles. The lowest BCUT2D eigenvalue weighted by Gasteiger charge is -2.42. The normalized spacial score (nSPS) is 29.1. The number of nitrogens with zero attached hydrogens (tertiary/aromatic N) is 1. The fourth-order valence-corrected chi connectivity index (χ4v) is 9.03. The Hall–Kier alpha value is -1.76. The van der Waals surface area contributed by atoms with E-state index >= 15 is 0 Å². The van der Waals surface area contributed by atoms with Crippen LogP contribution in [0.5, 0.6) is 0 Å². The van der Waals surface area contributed by atoms with E-state index < -0.39 is 16.1 Å². The highest BCUT2D eigenvalue weighted by Crippen LogP contribution is 2.41. The molecule has 7 atom stereocenters. The van der Waals surface area contributed by atoms with E-state index in [2.05, 4.69) is 29.8 Å². The van der Waals surface area contributed by atoms with Crippen LogP contribution in [0.25, 0.3) is 0 Å². The summed E-state index contributed by atoms with van der Waals surface area (Å²) in [6, 6.07) is 6.67. The molecule has 12 heteroatoms. The number of hydrogen-bond acceptors (Lipinski definition) is 7. The first-order valence-corrected chi connectivity index (χ1v) is 18.2. The first-order valence-electron chi connectivity index (χ1n) is 16.3. The van der Waals surface area contributed by atoms with Crippen LogP contribution in [0, 0.1) is 11.8 Å². The first kappa shape index (κ1) is 35.1. The largest absolute Gasteiger partial charge is 0.376 e. The lowest BCUT2D eigenvalue weighted by molar-refractivity contribution is -0.131. The van der Waals surface area contributed by atoms with Crippen molar-refractivity contribution in [3.8, 4) is 0 Å². The molecule has 248 valence electrons. The summed E-state index contributed by atoms with van der Waals surface area (Å²) in [5.74, 6) is -0.486. The van der Waals surface area contributed by atoms with E-state index in [1.54, 1.807) is 11.2 Å². The molecule has 10 nitrogen and oxygen atoms in total. The zero-order valence-electron chi connectivity index (χ0n) is 26.7. The predicted octanol–water partition coefficient (Wildman–Crippen LogP) is 3.15. The van der Waals surface area contributed by atoms with Crippen molar-refractivity contribution in [2.75, 3.05) is 32.0 Å². The van der Waals surface area contributed by atoms with Crippen molar-refractivity contribution >= 4 is 33.4 Å². The van der Waals surface area contributed by atoms with Gasteiger partial charge in [0.1, 0.15) is 6.04 Å². The van der Waals surface area contributed by atoms with Gasteiger partial charge in [0, 0.05) is 48.8 Å². The second-order valence-electron chi connectivity index (χ2n) is 13.5. The van der Waals surface area contributed by atoms with Gasteiger partial charge in [0.05, 0.1) is 17.9 Å². The second-order valence-corrected chi connectivity index (χ2v) is 16.2. The first-order chi connectivity index (χ1) is 20.8. The maximum Gasteiger partial charge on any atom is 0.243 e. The zero-order valence-corrected chi connectivity index (χ0v) is 28.3. The number of halogens is 1. The van der Waals surface area contributed by atoms with E-state index in [9.17, 15) is 18.0 Å². The van der Waals surface area contributed by atoms with Gasteiger partial charge in [-0.3, -0.25) is 9.59 Å². The Labute approximate surface area is 268 Å². The van der Waals surface area contributed by atoms with Gasteiger partial charge in [-0.05, 0) is 95.8 Å². The molecule has 5 N–H and O–H groups in total. The highest BCUT2D eigenvalue weighted by atomic mass is 35.5. The summed E-state index contributed by atoms with van der Waals surface area (Å²) in [5.41, 5.74) is 6.31. The maximum atomic E-state index is 14.2. The lowest BCUT2D eigenvalue weighted by Crippen LogP contribution is -2.58. The fraction of sp³-hybridized carbons (Fsp3) is 0.750. The van der Waals surface area contributed by atoms with Crippen molar-refractivity contribution < 1.29 is 22.7 Å². The average molecular weight is 654 g/mol. The van der Waals surface area contributed by atoms with Gasteiger partial charge in [0.2, 0.25) is 21.8 Å². The van der Waals surface area contributed by atoms with Crippen molar-refractivity contribution in [2.45, 2.75) is 108 Å². The van der Waals surface area contributed by atoms with Crippen LogP contribution >= 0.6 is 11.6 Å². The molecule has 2 heterocycles. The number of carbonyl (C=O) groups is 2. The van der Waals surface area contributed by atoms with E-state index in [4.69, 9.17) is 22.1 Å². The molecule has 1 aromatic rings. The molecule has 0 spiro atoms. The zero-order chi connectivity index (χ0) is 32.1. The number of sulfonamides is 1. The van der Waals surface area contributed by atoms with Gasteiger partial charge in [0.25, 0.3) is 0 Å². The van der Waals surface area contributed by atoms with E-state index in [1.807, 2.05) is 31.2 Å². The van der Waals surface area contributed by atoms with Crippen molar-refractivity contribution in [3.63, 3.8) is 0 Å². The van der Waals surface area contributed by atoms with Gasteiger partial charge in [-0.25, -0.2) is 8.42 Å². The van der Waals surface area contributed by atoms with E-state index in [0.29, 0.717) is 24.7 Å². The third-order valence-corrected chi connectivity index (χ3v) is 11.9. The summed E-state index contributed by atoms with van der Waals surface area (Å²) in [6.07, 6.45) is 5.85. The van der Waals surface area contributed by atoms with Crippen LogP contribution in [0.15, 0.2) is 24.3 Å². The van der Waals surface area contributed by atoms with Crippen LogP contribution in [-0.4, -0.2) is 86.3 Å². The van der Waals surface area contributed by atoms with Crippen molar-refractivity contribution in [1.82, 2.24) is 20.3 Å². The third kappa shape index (κ3) is 8.94. The molecule has 1 aromatic carbocycles. The Morgan fingerprint density at radius 2 is 1.91 bits per heavy atom. The SMILES string of the molecule is CCS(=O)(=O)N1C[C@@H](C)NC[C@@H]1CC[C@H]1CCC[C@@H]1NC(=O)[C@@H](NC(=O)CN)[C@@H](c1ccc(Cl)cc1)C1CCOC(C)(C)C1. The minimum Gasteiger partial charge on any atom is -0.376 e. The Kier molecular flexibility index (Phi) is 12.1. The summed E-state index contributed by atoms with van der Waals surface area (Å²) < 4.78 is 33.4. The maximum absolute atomic E-state index is 14.2. The van der Waals surface area contributed by atoms with Gasteiger partial charge in [0.15, 0.2) is 0 Å². The monoisotopic (exact) mass is 653 g/mol. The molecular formula is C32H52ClN5O5S. The van der Waals surface area contributed by atoms with Gasteiger partial charge in [-0.2, -0.15) is 4.31 Å². The van der Waals surface area contributed by atoms with Crippen LogP contribution in [-0.2, 0) is 24.3 Å². The molecular weight excluding hydrogens is 602 g/mol. The molecule has 2 aliphatic heterocycles. The van der Waals surface area contributed by atoms with Gasteiger partial charge >= 0.3 is 0 Å². The number of nitrogens with two attached hydrogens (primary N) is 1. The third-order valence-electron chi connectivity index (χ3n) is 9.78. The summed E-state index contributed by atoms with van der Waals surface area (Å²) in [7, 11) is -3.31. The van der Waals surface area contributed by atoms with Crippen LogP contribution < -0.4 is 21.7 Å². The Bertz CT molecular complexity index is 1230. The number of carbonyl (C=O) groups excluding carboxylic acids is 2. The molecule has 0 bridgehead atoms. The number of hydrogen-bond donors (Lipinski definition) is 4. The molecule has 44 heavy (non-hydrogen) atoms. The highest BCUT2D eigenvalue weighted by molar-refractivity contribution is 7.89. The molecule has 1 saturated carbocycles. The number of rotatable bonds is 12. The summed E-state index contributed by atoms with van der Waals surface area (Å²) in [6.45, 7) is 9.29. The molecule has 0 radical (unpaired) electrons. The smallest absolute Gasteiger partial charge is 0.243 e. The lowest BCUT2D eigenvalue weighted by atomic mass is 9.73. The number of piperazine rings is 1. The fourth-order valence-electron chi connectivity index (χ4n) is 7.48. The molecule has 3 aliphatic rings. The number of nitrogens with one attached hydrogen (secondary N) is 3. The number of ether oxygens (including phenoxy) is 1. The second kappa shape index (κ2) is 15.2. The minimum atomic E-state index is -3.31. The van der Waals surface area contributed by atoms with Gasteiger partial charge in [-0.1, -0.05) is 30.2 Å². The van der Waals surface area contributed by atoms with Gasteiger partial charge < -0.3 is 26.4 Å². The Morgan fingerprint density at radius 1 is 1.18 bits per heavy atom. The van der Waals surface area contributed by atoms with Crippen LogP contribution in [0.4, 0.5) is 0 Å². The molecule has 3 fully saturated rings. The van der Waals surface area contributed by atoms with Crippen LogP contribution in [0.1, 0.15) is 84.1 Å². The average Bonchev–Trinajstić information content (AvgIpc) is 3.43. The van der Waals surface area contributed by atoms with Crippen molar-refractivity contribution in [1.29, 1.82) is 0 Å². The molecule has 2 saturated heterocycles. The summed E-state index contributed by atoms with van der Waals surface area (Å²) >= 11 is 6.23. The topological polar surface area (TPSA) is 143 Å². The Morgan fingerprint density at radius 3 is 2.57 bits per heavy atom. The number of benzene rings is 1. The van der Waals surface area contributed by atoms with E-state index in [0.717, 1.165) is 50.5 Å². The van der Waals surface area contributed by atoms with Gasteiger partial charge in [-0.15, -0.1) is 0 Å². The van der Waals surface area contributed by atoms with E-state index in [1.165, 1.54) is 0 Å². The van der Waals surface area contributed by atoms with Crippen molar-refractivity contribution in [3.05, 3.63) is 34.9 Å². The molecule has 4 rings (SSSR count). The highest BCUT2D eigenvalue weighted by Gasteiger charge is 2.42. The summed E-state index contributed by atoms with van der Waals surface area (Å²) in [5, 5.41) is 10.4. The standard InChI is InChI=1S/C32H52ClN5O5S/c1-5-44(41,42)38-20-21(2)35-19-26(38)14-11-22-7-6-8-27(22)36-31(40)30(37-28(39)18-34)29(23-9-12-25(33)13-10-23)24-15-16-43-32(3,4)17-24/h9-10,12-13,21-22,24,26-27,29-30,35H,5-8,11,14-20,34H2,1-4H3,(H,36,40)(H,37,39)/t21-,22-,24?,26+,27+,29+,30+/m1/s1. The van der Waals surface area contributed by atoms with E-state index in [-0.39, 0.29) is 65.6 Å². The number of amides is 2. The molecule has 1 unspecified atom stereocenters. The van der Waals surface area contributed by atoms with Crippen LogP contribution in [0.2, 0.25) is 5.02 Å². The van der Waals surface area contributed by atoms with Crippen molar-refractivity contribution in [2.24, 2.45) is 17.6 Å². The quantitative estimate of drug-likeness (QED) is 0.271. The molecule has 0 aromatic heterocycles. The summed E-state index contributed by atoms with van der Waals surface area (Å²) in [4.78, 5) is 27.0. The molecule has 2 amide bonds.